The van der Waals surface area contributed by atoms with Gasteiger partial charge in [0.25, 0.3) is 0 Å². The van der Waals surface area contributed by atoms with E-state index < -0.39 is 36.4 Å². The number of rotatable bonds is 8. The maximum absolute atomic E-state index is 10.7. The fourth-order valence-electron chi connectivity index (χ4n) is 1.17. The van der Waals surface area contributed by atoms with Crippen molar-refractivity contribution in [3.8, 4) is 0 Å². The Kier molecular flexibility index (Phi) is 7.91. The second-order valence-electron chi connectivity index (χ2n) is 4.81. The maximum Gasteiger partial charge on any atom is 0.336 e. The standard InChI is InChI=1S/C7H10O3.C6H8O7/c1-5(2)7(8)10-4-6-3-9-6;7-3(8)1-6(13,5(11)12)2-4(9)10/h6H,1,3-4H2,2H3;13H,1-2H2,(H,7,8)(H,9,10)(H,11,12). The van der Waals surface area contributed by atoms with Gasteiger partial charge < -0.3 is 29.9 Å². The topological polar surface area (TPSA) is 171 Å². The van der Waals surface area contributed by atoms with Crippen LogP contribution in [0.2, 0.25) is 0 Å². The van der Waals surface area contributed by atoms with Crippen LogP contribution in [0.15, 0.2) is 12.2 Å². The zero-order chi connectivity index (χ0) is 18.2. The van der Waals surface area contributed by atoms with Crippen LogP contribution in [0.4, 0.5) is 0 Å². The highest BCUT2D eigenvalue weighted by molar-refractivity contribution is 5.88. The molecule has 0 radical (unpaired) electrons. The van der Waals surface area contributed by atoms with E-state index in [-0.39, 0.29) is 12.1 Å². The van der Waals surface area contributed by atoms with Crippen molar-refractivity contribution < 1.29 is 49.1 Å². The molecule has 0 aromatic rings. The molecule has 23 heavy (non-hydrogen) atoms. The van der Waals surface area contributed by atoms with E-state index in [0.29, 0.717) is 18.8 Å². The van der Waals surface area contributed by atoms with E-state index in [1.807, 2.05) is 0 Å². The quantitative estimate of drug-likeness (QED) is 0.251. The highest BCUT2D eigenvalue weighted by Crippen LogP contribution is 2.15. The summed E-state index contributed by atoms with van der Waals surface area (Å²) in [5.74, 6) is -5.36. The van der Waals surface area contributed by atoms with Crippen molar-refractivity contribution >= 4 is 23.9 Å². The van der Waals surface area contributed by atoms with Gasteiger partial charge in [-0.25, -0.2) is 9.59 Å². The number of hydrogen-bond acceptors (Lipinski definition) is 7. The minimum atomic E-state index is -2.74. The lowest BCUT2D eigenvalue weighted by molar-refractivity contribution is -0.170. The number of carbonyl (C=O) groups is 4. The van der Waals surface area contributed by atoms with Crippen LogP contribution in [0.3, 0.4) is 0 Å². The summed E-state index contributed by atoms with van der Waals surface area (Å²) in [6.07, 6.45) is -2.15. The van der Waals surface area contributed by atoms with E-state index in [1.54, 1.807) is 6.92 Å². The predicted octanol–water partition coefficient (Wildman–Crippen LogP) is -0.744. The second kappa shape index (κ2) is 8.86. The molecule has 10 nitrogen and oxygen atoms in total. The first-order chi connectivity index (χ1) is 10.5. The monoisotopic (exact) mass is 334 g/mol. The number of esters is 1. The van der Waals surface area contributed by atoms with E-state index in [1.165, 1.54) is 0 Å². The molecular weight excluding hydrogens is 316 g/mol. The number of aliphatic carboxylic acids is 3. The van der Waals surface area contributed by atoms with E-state index in [9.17, 15) is 19.2 Å². The van der Waals surface area contributed by atoms with Crippen molar-refractivity contribution in [1.82, 2.24) is 0 Å². The zero-order valence-electron chi connectivity index (χ0n) is 12.4. The smallest absolute Gasteiger partial charge is 0.336 e. The third kappa shape index (κ3) is 9.22. The molecule has 0 aliphatic carbocycles. The SMILES string of the molecule is C=C(C)C(=O)OCC1CO1.O=C(O)CC(O)(CC(=O)O)C(=O)O. The van der Waals surface area contributed by atoms with Gasteiger partial charge in [-0.05, 0) is 6.92 Å². The molecule has 1 aliphatic rings. The Morgan fingerprint density at radius 1 is 1.17 bits per heavy atom. The van der Waals surface area contributed by atoms with Gasteiger partial charge in [0.05, 0.1) is 19.4 Å². The first-order valence-electron chi connectivity index (χ1n) is 6.31. The molecule has 130 valence electrons. The van der Waals surface area contributed by atoms with Crippen molar-refractivity contribution in [2.75, 3.05) is 13.2 Å². The van der Waals surface area contributed by atoms with Crippen molar-refractivity contribution in [2.45, 2.75) is 31.5 Å². The Labute approximate surface area is 130 Å². The number of aliphatic hydroxyl groups is 1. The first-order valence-corrected chi connectivity index (χ1v) is 6.31. The van der Waals surface area contributed by atoms with Crippen LogP contribution in [-0.4, -0.2) is 69.2 Å². The molecule has 0 aromatic heterocycles. The average molecular weight is 334 g/mol. The van der Waals surface area contributed by atoms with Crippen LogP contribution in [-0.2, 0) is 28.7 Å². The van der Waals surface area contributed by atoms with E-state index in [0.717, 1.165) is 0 Å². The molecule has 0 bridgehead atoms. The minimum absolute atomic E-state index is 0.142. The van der Waals surface area contributed by atoms with Crippen LogP contribution in [0.5, 0.6) is 0 Å². The lowest BCUT2D eigenvalue weighted by Gasteiger charge is -2.18. The highest BCUT2D eigenvalue weighted by Gasteiger charge is 2.40. The Balaban J connectivity index is 0.000000433. The van der Waals surface area contributed by atoms with Gasteiger partial charge in [-0.3, -0.25) is 9.59 Å². The molecule has 10 heteroatoms. The highest BCUT2D eigenvalue weighted by atomic mass is 16.6. The van der Waals surface area contributed by atoms with Crippen LogP contribution in [0.25, 0.3) is 0 Å². The maximum atomic E-state index is 10.7. The summed E-state index contributed by atoms with van der Waals surface area (Å²) in [6, 6.07) is 0. The molecule has 1 fully saturated rings. The van der Waals surface area contributed by atoms with E-state index >= 15 is 0 Å². The summed E-state index contributed by atoms with van der Waals surface area (Å²) < 4.78 is 9.60. The molecule has 0 amide bonds. The lowest BCUT2D eigenvalue weighted by Crippen LogP contribution is -2.42. The van der Waals surface area contributed by atoms with Crippen LogP contribution in [0.1, 0.15) is 19.8 Å². The fraction of sp³-hybridized carbons (Fsp3) is 0.538. The summed E-state index contributed by atoms with van der Waals surface area (Å²) in [6.45, 7) is 6.14. The summed E-state index contributed by atoms with van der Waals surface area (Å²) in [5.41, 5.74) is -2.31. The molecule has 1 atom stereocenters. The van der Waals surface area contributed by atoms with Gasteiger partial charge in [-0.15, -0.1) is 0 Å². The van der Waals surface area contributed by atoms with E-state index in [4.69, 9.17) is 29.9 Å². The molecule has 1 rings (SSSR count). The Bertz CT molecular complexity index is 475. The van der Waals surface area contributed by atoms with Crippen LogP contribution < -0.4 is 0 Å². The normalized spacial score (nSPS) is 15.7. The van der Waals surface area contributed by atoms with Gasteiger partial charge in [0.1, 0.15) is 12.7 Å². The number of ether oxygens (including phenoxy) is 2. The van der Waals surface area contributed by atoms with Crippen LogP contribution in [0, 0.1) is 0 Å². The first kappa shape index (κ1) is 20.5. The van der Waals surface area contributed by atoms with Crippen molar-refractivity contribution in [3.05, 3.63) is 12.2 Å². The minimum Gasteiger partial charge on any atom is -0.481 e. The van der Waals surface area contributed by atoms with Gasteiger partial charge in [-0.1, -0.05) is 6.58 Å². The molecule has 0 aromatic carbocycles. The third-order valence-corrected chi connectivity index (χ3v) is 2.44. The Morgan fingerprint density at radius 2 is 1.61 bits per heavy atom. The lowest BCUT2D eigenvalue weighted by atomic mass is 9.96. The number of epoxide rings is 1. The van der Waals surface area contributed by atoms with Gasteiger partial charge >= 0.3 is 23.9 Å². The summed E-state index contributed by atoms with van der Waals surface area (Å²) in [7, 11) is 0. The summed E-state index contributed by atoms with van der Waals surface area (Å²) in [4.78, 5) is 41.2. The van der Waals surface area contributed by atoms with Crippen LogP contribution >= 0.6 is 0 Å². The molecule has 1 aliphatic heterocycles. The van der Waals surface area contributed by atoms with Crippen molar-refractivity contribution in [3.63, 3.8) is 0 Å². The third-order valence-electron chi connectivity index (χ3n) is 2.44. The average Bonchev–Trinajstić information content (AvgIpc) is 3.18. The molecule has 0 spiro atoms. The number of carboxylic acids is 3. The van der Waals surface area contributed by atoms with Gasteiger partial charge in [0, 0.05) is 5.57 Å². The zero-order valence-corrected chi connectivity index (χ0v) is 12.4. The van der Waals surface area contributed by atoms with Gasteiger partial charge in [-0.2, -0.15) is 0 Å². The fourth-order valence-corrected chi connectivity index (χ4v) is 1.17. The molecule has 1 heterocycles. The number of hydrogen-bond donors (Lipinski definition) is 4. The van der Waals surface area contributed by atoms with Crippen molar-refractivity contribution in [1.29, 1.82) is 0 Å². The Hall–Kier alpha value is -2.46. The second-order valence-corrected chi connectivity index (χ2v) is 4.81. The molecule has 0 saturated carbocycles. The summed E-state index contributed by atoms with van der Waals surface area (Å²) >= 11 is 0. The molecule has 4 N–H and O–H groups in total. The van der Waals surface area contributed by atoms with Crippen molar-refractivity contribution in [2.24, 2.45) is 0 Å². The number of carboxylic acid groups (broad SMARTS) is 3. The Morgan fingerprint density at radius 3 is 1.87 bits per heavy atom. The van der Waals surface area contributed by atoms with Gasteiger partial charge in [0.15, 0.2) is 5.60 Å². The molecule has 1 unspecified atom stereocenters. The predicted molar refractivity (Wildman–Crippen MR) is 72.6 cm³/mol. The number of carbonyl (C=O) groups excluding carboxylic acids is 1. The molecule has 1 saturated heterocycles. The van der Waals surface area contributed by atoms with Gasteiger partial charge in [0.2, 0.25) is 0 Å². The summed E-state index contributed by atoms with van der Waals surface area (Å²) in [5, 5.41) is 33.8. The van der Waals surface area contributed by atoms with E-state index in [2.05, 4.69) is 6.58 Å². The molecular formula is C13H18O10. The largest absolute Gasteiger partial charge is 0.481 e.